The minimum atomic E-state index is -0.295. The molecule has 6 heterocycles. The van der Waals surface area contributed by atoms with Gasteiger partial charge in [-0.2, -0.15) is 14.6 Å². The van der Waals surface area contributed by atoms with Crippen molar-refractivity contribution in [3.63, 3.8) is 0 Å². The molecule has 0 aliphatic carbocycles. The molecule has 0 atom stereocenters. The number of aryl methyl sites for hydroxylation is 2. The van der Waals surface area contributed by atoms with E-state index in [9.17, 15) is 4.39 Å². The van der Waals surface area contributed by atoms with Crippen molar-refractivity contribution in [2.75, 3.05) is 43.4 Å². The molecule has 13 nitrogen and oxygen atoms in total. The van der Waals surface area contributed by atoms with E-state index >= 15 is 0 Å². The molecule has 1 aromatic carbocycles. The van der Waals surface area contributed by atoms with Crippen LogP contribution < -0.4 is 10.6 Å². The molecule has 39 heavy (non-hydrogen) atoms. The highest BCUT2D eigenvalue weighted by Crippen LogP contribution is 2.29. The molecule has 0 spiro atoms. The fraction of sp³-hybridized carbons (Fsp3) is 0.320. The van der Waals surface area contributed by atoms with Crippen molar-refractivity contribution >= 4 is 39.3 Å². The van der Waals surface area contributed by atoms with E-state index in [2.05, 4.69) is 45.1 Å². The van der Waals surface area contributed by atoms with E-state index in [-0.39, 0.29) is 11.8 Å². The molecule has 0 radical (unpaired) electrons. The molecule has 198 valence electrons. The molecule has 6 aromatic rings. The van der Waals surface area contributed by atoms with Gasteiger partial charge in [-0.3, -0.25) is 9.88 Å². The Morgan fingerprint density at radius 1 is 0.949 bits per heavy atom. The Labute approximate surface area is 221 Å². The van der Waals surface area contributed by atoms with Crippen LogP contribution in [-0.4, -0.2) is 82.1 Å². The normalized spacial score (nSPS) is 14.8. The molecule has 1 aliphatic heterocycles. The van der Waals surface area contributed by atoms with Gasteiger partial charge in [0.2, 0.25) is 11.8 Å². The molecular formula is C25H25FN12O. The van der Waals surface area contributed by atoms with Crippen LogP contribution in [0.15, 0.2) is 35.2 Å². The number of nitrogens with two attached hydrogens (primary N) is 1. The molecule has 14 heteroatoms. The first-order valence-electron chi connectivity index (χ1n) is 12.6. The van der Waals surface area contributed by atoms with Crippen LogP contribution >= 0.6 is 0 Å². The first-order valence-corrected chi connectivity index (χ1v) is 12.6. The Balaban J connectivity index is 1.07. The molecule has 0 unspecified atom stereocenters. The number of piperazine rings is 1. The van der Waals surface area contributed by atoms with Crippen LogP contribution in [0.1, 0.15) is 11.4 Å². The van der Waals surface area contributed by atoms with Crippen molar-refractivity contribution in [2.24, 2.45) is 0 Å². The quantitative estimate of drug-likeness (QED) is 0.351. The standard InChI is InChI=1S/C25H25FN12O/c1-14-16-11-19(18(26)12-20(16)39-34-14)36-8-5-35(6-9-36)7-10-37-23-17(13-30-37)24-31-22(33-38(24)25(27)32-23)21-15(2)28-3-4-29-21/h3-4,11-13H,5-10H2,1-2H3,(H2,27,32). The molecule has 1 aliphatic rings. The Hall–Kier alpha value is -4.72. The monoisotopic (exact) mass is 528 g/mol. The Kier molecular flexibility index (Phi) is 5.36. The number of anilines is 2. The van der Waals surface area contributed by atoms with Gasteiger partial charge in [0, 0.05) is 56.6 Å². The average Bonchev–Trinajstić information content (AvgIpc) is 3.65. The molecule has 1 saturated heterocycles. The maximum absolute atomic E-state index is 14.8. The highest BCUT2D eigenvalue weighted by molar-refractivity contribution is 5.90. The molecule has 1 fully saturated rings. The Morgan fingerprint density at radius 3 is 2.59 bits per heavy atom. The molecule has 0 saturated carbocycles. The lowest BCUT2D eigenvalue weighted by molar-refractivity contribution is 0.245. The third kappa shape index (κ3) is 3.91. The molecule has 0 amide bonds. The van der Waals surface area contributed by atoms with Gasteiger partial charge in [0.15, 0.2) is 16.9 Å². The number of nitrogens with zero attached hydrogens (tertiary/aromatic N) is 11. The molecule has 0 bridgehead atoms. The van der Waals surface area contributed by atoms with Crippen molar-refractivity contribution in [1.82, 2.24) is 49.4 Å². The van der Waals surface area contributed by atoms with Crippen LogP contribution in [0.25, 0.3) is 39.2 Å². The largest absolute Gasteiger partial charge is 0.368 e. The number of fused-ring (bicyclic) bond motifs is 4. The second-order valence-electron chi connectivity index (χ2n) is 9.63. The van der Waals surface area contributed by atoms with Crippen LogP contribution in [0, 0.1) is 19.7 Å². The zero-order valence-corrected chi connectivity index (χ0v) is 21.4. The smallest absolute Gasteiger partial charge is 0.225 e. The maximum atomic E-state index is 14.8. The van der Waals surface area contributed by atoms with Crippen LogP contribution in [0.3, 0.4) is 0 Å². The van der Waals surface area contributed by atoms with E-state index in [0.29, 0.717) is 53.7 Å². The second-order valence-corrected chi connectivity index (χ2v) is 9.63. The second kappa shape index (κ2) is 8.94. The minimum absolute atomic E-state index is 0.218. The summed E-state index contributed by atoms with van der Waals surface area (Å²) in [5.41, 5.74) is 10.6. The van der Waals surface area contributed by atoms with Gasteiger partial charge in [0.1, 0.15) is 11.5 Å². The Morgan fingerprint density at radius 2 is 1.77 bits per heavy atom. The highest BCUT2D eigenvalue weighted by atomic mass is 19.1. The zero-order valence-electron chi connectivity index (χ0n) is 21.4. The number of hydrogen-bond acceptors (Lipinski definition) is 11. The van der Waals surface area contributed by atoms with E-state index < -0.39 is 0 Å². The zero-order chi connectivity index (χ0) is 26.7. The van der Waals surface area contributed by atoms with E-state index in [1.54, 1.807) is 18.6 Å². The average molecular weight is 529 g/mol. The maximum Gasteiger partial charge on any atom is 0.225 e. The van der Waals surface area contributed by atoms with Gasteiger partial charge in [0.05, 0.1) is 35.2 Å². The fourth-order valence-corrected chi connectivity index (χ4v) is 5.11. The predicted octanol–water partition coefficient (Wildman–Crippen LogP) is 2.23. The van der Waals surface area contributed by atoms with Gasteiger partial charge < -0.3 is 15.2 Å². The van der Waals surface area contributed by atoms with Crippen molar-refractivity contribution in [1.29, 1.82) is 0 Å². The van der Waals surface area contributed by atoms with Crippen molar-refractivity contribution in [3.8, 4) is 11.5 Å². The fourth-order valence-electron chi connectivity index (χ4n) is 5.11. The lowest BCUT2D eigenvalue weighted by Gasteiger charge is -2.36. The minimum Gasteiger partial charge on any atom is -0.368 e. The summed E-state index contributed by atoms with van der Waals surface area (Å²) < 4.78 is 23.3. The summed E-state index contributed by atoms with van der Waals surface area (Å²) in [6, 6.07) is 3.25. The van der Waals surface area contributed by atoms with E-state index in [0.717, 1.165) is 41.8 Å². The van der Waals surface area contributed by atoms with Crippen LogP contribution in [-0.2, 0) is 6.54 Å². The lowest BCUT2D eigenvalue weighted by Crippen LogP contribution is -2.47. The molecular weight excluding hydrogens is 503 g/mol. The van der Waals surface area contributed by atoms with Gasteiger partial charge in [-0.15, -0.1) is 5.10 Å². The van der Waals surface area contributed by atoms with Gasteiger partial charge in [0.25, 0.3) is 0 Å². The predicted molar refractivity (Wildman–Crippen MR) is 142 cm³/mol. The van der Waals surface area contributed by atoms with E-state index in [1.807, 2.05) is 24.6 Å². The van der Waals surface area contributed by atoms with Crippen molar-refractivity contribution in [3.05, 3.63) is 47.9 Å². The number of halogens is 1. The van der Waals surface area contributed by atoms with Gasteiger partial charge >= 0.3 is 0 Å². The SMILES string of the molecule is Cc1nccnc1-c1nc2c3cnn(CCN4CCN(c5cc6c(C)noc6cc5F)CC4)c3nc(N)n2n1. The third-order valence-corrected chi connectivity index (χ3v) is 7.25. The number of nitrogen functional groups attached to an aromatic ring is 1. The van der Waals surface area contributed by atoms with Gasteiger partial charge in [-0.25, -0.2) is 19.0 Å². The lowest BCUT2D eigenvalue weighted by atomic mass is 10.1. The molecule has 5 aromatic heterocycles. The number of benzene rings is 1. The van der Waals surface area contributed by atoms with Crippen LogP contribution in [0.5, 0.6) is 0 Å². The van der Waals surface area contributed by atoms with Crippen LogP contribution in [0.2, 0.25) is 0 Å². The Bertz CT molecular complexity index is 1850. The summed E-state index contributed by atoms with van der Waals surface area (Å²) in [5.74, 6) is 0.355. The summed E-state index contributed by atoms with van der Waals surface area (Å²) in [5, 5.41) is 14.6. The number of hydrogen-bond donors (Lipinski definition) is 1. The summed E-state index contributed by atoms with van der Waals surface area (Å²) in [7, 11) is 0. The number of aromatic nitrogens is 9. The number of rotatable bonds is 5. The molecule has 2 N–H and O–H groups in total. The summed E-state index contributed by atoms with van der Waals surface area (Å²) in [4.78, 5) is 22.3. The third-order valence-electron chi connectivity index (χ3n) is 7.25. The summed E-state index contributed by atoms with van der Waals surface area (Å²) in [6.07, 6.45) is 4.97. The van der Waals surface area contributed by atoms with Crippen molar-refractivity contribution < 1.29 is 8.91 Å². The topological polar surface area (TPSA) is 145 Å². The summed E-state index contributed by atoms with van der Waals surface area (Å²) in [6.45, 7) is 8.12. The van der Waals surface area contributed by atoms with Gasteiger partial charge in [-0.05, 0) is 19.9 Å². The highest BCUT2D eigenvalue weighted by Gasteiger charge is 2.22. The van der Waals surface area contributed by atoms with Gasteiger partial charge in [-0.1, -0.05) is 5.16 Å². The first-order chi connectivity index (χ1) is 19.0. The summed E-state index contributed by atoms with van der Waals surface area (Å²) >= 11 is 0. The first kappa shape index (κ1) is 23.4. The van der Waals surface area contributed by atoms with Crippen molar-refractivity contribution in [2.45, 2.75) is 20.4 Å². The van der Waals surface area contributed by atoms with E-state index in [1.165, 1.54) is 10.6 Å². The van der Waals surface area contributed by atoms with E-state index in [4.69, 9.17) is 10.3 Å². The van der Waals surface area contributed by atoms with Crippen LogP contribution in [0.4, 0.5) is 16.0 Å². The molecule has 7 rings (SSSR count).